The summed E-state index contributed by atoms with van der Waals surface area (Å²) in [5, 5.41) is 0. The zero-order valence-corrected chi connectivity index (χ0v) is 10.4. The highest BCUT2D eigenvalue weighted by atomic mass is 16.5. The zero-order chi connectivity index (χ0) is 12.3. The molecule has 0 atom stereocenters. The van der Waals surface area contributed by atoms with E-state index in [1.807, 2.05) is 27.7 Å². The first-order valence-electron chi connectivity index (χ1n) is 5.01. The molecular weight excluding hydrogens is 184 g/mol. The normalized spacial score (nSPS) is 12.0. The van der Waals surface area contributed by atoms with Crippen molar-refractivity contribution in [3.63, 3.8) is 0 Å². The Morgan fingerprint density at radius 1 is 0.867 bits per heavy atom. The Hall–Kier alpha value is -1.08. The third kappa shape index (κ3) is 3.52. The minimum Gasteiger partial charge on any atom is -0.360 e. The second-order valence-electron chi connectivity index (χ2n) is 4.58. The van der Waals surface area contributed by atoms with Crippen LogP contribution in [0.3, 0.4) is 0 Å². The van der Waals surface area contributed by atoms with E-state index < -0.39 is 11.2 Å². The minimum absolute atomic E-state index is 0.447. The molecule has 1 heteroatoms. The van der Waals surface area contributed by atoms with Gasteiger partial charge in [0.05, 0.1) is 11.2 Å². The Balaban J connectivity index is 4.86. The Labute approximate surface area is 93.8 Å². The smallest absolute Gasteiger partial charge is 0.0881 e. The molecule has 15 heavy (non-hydrogen) atoms. The Morgan fingerprint density at radius 2 is 1.13 bits per heavy atom. The van der Waals surface area contributed by atoms with Gasteiger partial charge in [-0.3, -0.25) is 0 Å². The topological polar surface area (TPSA) is 9.23 Å². The third-order valence-corrected chi connectivity index (χ3v) is 2.55. The molecule has 0 aromatic rings. The van der Waals surface area contributed by atoms with Gasteiger partial charge in [0.25, 0.3) is 0 Å². The molecule has 0 N–H and O–H groups in total. The van der Waals surface area contributed by atoms with Crippen molar-refractivity contribution in [1.82, 2.24) is 0 Å². The number of rotatable bonds is 6. The molecule has 0 aliphatic heterocycles. The predicted molar refractivity (Wildman–Crippen MR) is 67.9 cm³/mol. The van der Waals surface area contributed by atoms with E-state index in [4.69, 9.17) is 4.74 Å². The van der Waals surface area contributed by atoms with Crippen LogP contribution in [-0.2, 0) is 4.74 Å². The number of hydrogen-bond donors (Lipinski definition) is 0. The molecule has 0 heterocycles. The Kier molecular flexibility index (Phi) is 4.29. The van der Waals surface area contributed by atoms with Crippen molar-refractivity contribution in [2.75, 3.05) is 0 Å². The van der Waals surface area contributed by atoms with Gasteiger partial charge < -0.3 is 4.74 Å². The summed E-state index contributed by atoms with van der Waals surface area (Å²) in [6, 6.07) is 0. The number of hydrogen-bond acceptors (Lipinski definition) is 1. The second kappa shape index (κ2) is 4.63. The van der Waals surface area contributed by atoms with Gasteiger partial charge in [-0.05, 0) is 38.8 Å². The molecule has 84 valence electrons. The van der Waals surface area contributed by atoms with Gasteiger partial charge in [0.1, 0.15) is 0 Å². The van der Waals surface area contributed by atoms with E-state index in [1.165, 1.54) is 0 Å². The van der Waals surface area contributed by atoms with Crippen LogP contribution in [0.2, 0.25) is 0 Å². The van der Waals surface area contributed by atoms with Gasteiger partial charge in [0, 0.05) is 0 Å². The summed E-state index contributed by atoms with van der Waals surface area (Å²) in [6.07, 6.45) is 3.43. The fraction of sp³-hybridized carbons (Fsp3) is 0.429. The van der Waals surface area contributed by atoms with E-state index in [1.54, 1.807) is 12.2 Å². The molecule has 0 saturated heterocycles. The first-order chi connectivity index (χ1) is 6.67. The SMILES string of the molecule is C=CC(=C)C(C)(C)OC(C)(C)C(=C)C=C. The van der Waals surface area contributed by atoms with Gasteiger partial charge in [-0.1, -0.05) is 38.5 Å². The average molecular weight is 206 g/mol. The summed E-state index contributed by atoms with van der Waals surface area (Å²) in [5.41, 5.74) is 0.814. The molecule has 0 radical (unpaired) electrons. The van der Waals surface area contributed by atoms with Crippen LogP contribution in [0.5, 0.6) is 0 Å². The summed E-state index contributed by atoms with van der Waals surface area (Å²) in [4.78, 5) is 0. The lowest BCUT2D eigenvalue weighted by atomic mass is 9.94. The Morgan fingerprint density at radius 3 is 1.33 bits per heavy atom. The van der Waals surface area contributed by atoms with Crippen LogP contribution in [0.1, 0.15) is 27.7 Å². The molecule has 0 saturated carbocycles. The van der Waals surface area contributed by atoms with Crippen LogP contribution < -0.4 is 0 Å². The highest BCUT2D eigenvalue weighted by Gasteiger charge is 2.31. The average Bonchev–Trinajstić information content (AvgIpc) is 2.13. The first kappa shape index (κ1) is 13.9. The van der Waals surface area contributed by atoms with Crippen molar-refractivity contribution in [1.29, 1.82) is 0 Å². The molecule has 0 rings (SSSR count). The van der Waals surface area contributed by atoms with E-state index >= 15 is 0 Å². The van der Waals surface area contributed by atoms with Crippen LogP contribution in [-0.4, -0.2) is 11.2 Å². The van der Waals surface area contributed by atoms with E-state index in [-0.39, 0.29) is 0 Å². The fourth-order valence-corrected chi connectivity index (χ4v) is 1.26. The molecule has 0 fully saturated rings. The van der Waals surface area contributed by atoms with Crippen molar-refractivity contribution in [2.24, 2.45) is 0 Å². The lowest BCUT2D eigenvalue weighted by Crippen LogP contribution is -2.38. The maximum absolute atomic E-state index is 5.99. The van der Waals surface area contributed by atoms with Gasteiger partial charge in [0.2, 0.25) is 0 Å². The third-order valence-electron chi connectivity index (χ3n) is 2.55. The van der Waals surface area contributed by atoms with Crippen molar-refractivity contribution >= 4 is 0 Å². The monoisotopic (exact) mass is 206 g/mol. The van der Waals surface area contributed by atoms with Gasteiger partial charge >= 0.3 is 0 Å². The number of ether oxygens (including phenoxy) is 1. The van der Waals surface area contributed by atoms with Crippen molar-refractivity contribution in [3.05, 3.63) is 49.6 Å². The molecule has 1 nitrogen and oxygen atoms in total. The summed E-state index contributed by atoms with van der Waals surface area (Å²) < 4.78 is 5.99. The molecule has 0 aliphatic rings. The maximum Gasteiger partial charge on any atom is 0.0881 e. The van der Waals surface area contributed by atoms with Crippen molar-refractivity contribution in [3.8, 4) is 0 Å². The zero-order valence-electron chi connectivity index (χ0n) is 10.4. The van der Waals surface area contributed by atoms with Crippen molar-refractivity contribution in [2.45, 2.75) is 38.9 Å². The molecule has 0 spiro atoms. The fourth-order valence-electron chi connectivity index (χ4n) is 1.26. The van der Waals surface area contributed by atoms with Crippen LogP contribution in [0, 0.1) is 0 Å². The van der Waals surface area contributed by atoms with Crippen LogP contribution in [0.4, 0.5) is 0 Å². The minimum atomic E-state index is -0.447. The molecular formula is C14H22O. The highest BCUT2D eigenvalue weighted by molar-refractivity contribution is 5.26. The molecule has 0 unspecified atom stereocenters. The molecule has 0 aliphatic carbocycles. The maximum atomic E-state index is 5.99. The van der Waals surface area contributed by atoms with Crippen LogP contribution in [0.15, 0.2) is 49.6 Å². The van der Waals surface area contributed by atoms with Gasteiger partial charge in [-0.15, -0.1) is 0 Å². The summed E-state index contributed by atoms with van der Waals surface area (Å²) in [5.74, 6) is 0. The quantitative estimate of drug-likeness (QED) is 0.596. The second-order valence-corrected chi connectivity index (χ2v) is 4.58. The van der Waals surface area contributed by atoms with E-state index in [9.17, 15) is 0 Å². The van der Waals surface area contributed by atoms with E-state index in [0.717, 1.165) is 11.1 Å². The first-order valence-corrected chi connectivity index (χ1v) is 5.01. The predicted octanol–water partition coefficient (Wildman–Crippen LogP) is 4.04. The van der Waals surface area contributed by atoms with E-state index in [2.05, 4.69) is 26.3 Å². The van der Waals surface area contributed by atoms with Crippen LogP contribution in [0.25, 0.3) is 0 Å². The standard InChI is InChI=1S/C14H22O/c1-9-11(3)13(5,6)15-14(7,8)12(4)10-2/h9-10H,1-4H2,5-8H3. The van der Waals surface area contributed by atoms with Crippen molar-refractivity contribution < 1.29 is 4.74 Å². The molecule has 0 bridgehead atoms. The summed E-state index contributed by atoms with van der Waals surface area (Å²) in [6.45, 7) is 23.1. The lowest BCUT2D eigenvalue weighted by molar-refractivity contribution is -0.0772. The van der Waals surface area contributed by atoms with Gasteiger partial charge in [-0.2, -0.15) is 0 Å². The Bertz CT molecular complexity index is 262. The largest absolute Gasteiger partial charge is 0.360 e. The van der Waals surface area contributed by atoms with Gasteiger partial charge in [0.15, 0.2) is 0 Å². The lowest BCUT2D eigenvalue weighted by Gasteiger charge is -2.37. The molecule has 0 aromatic carbocycles. The molecule has 0 aromatic heterocycles. The highest BCUT2D eigenvalue weighted by Crippen LogP contribution is 2.30. The van der Waals surface area contributed by atoms with Crippen LogP contribution >= 0.6 is 0 Å². The van der Waals surface area contributed by atoms with Gasteiger partial charge in [-0.25, -0.2) is 0 Å². The van der Waals surface area contributed by atoms with E-state index in [0.29, 0.717) is 0 Å². The summed E-state index contributed by atoms with van der Waals surface area (Å²) in [7, 11) is 0. The molecule has 0 amide bonds. The summed E-state index contributed by atoms with van der Waals surface area (Å²) >= 11 is 0.